The molecular formula is C21H36IN3O3. The summed E-state index contributed by atoms with van der Waals surface area (Å²) in [5.74, 6) is 2.38. The van der Waals surface area contributed by atoms with E-state index in [4.69, 9.17) is 14.2 Å². The number of nitrogens with one attached hydrogen (secondary N) is 2. The van der Waals surface area contributed by atoms with Crippen molar-refractivity contribution in [2.24, 2.45) is 4.99 Å². The van der Waals surface area contributed by atoms with Crippen molar-refractivity contribution in [3.05, 3.63) is 23.8 Å². The second kappa shape index (κ2) is 13.1. The monoisotopic (exact) mass is 505 g/mol. The highest BCUT2D eigenvalue weighted by atomic mass is 127. The molecule has 1 aliphatic carbocycles. The molecule has 0 radical (unpaired) electrons. The molecule has 6 nitrogen and oxygen atoms in total. The van der Waals surface area contributed by atoms with E-state index in [-0.39, 0.29) is 29.4 Å². The number of guanidine groups is 1. The molecule has 0 saturated heterocycles. The van der Waals surface area contributed by atoms with Crippen molar-refractivity contribution in [2.45, 2.75) is 44.4 Å². The molecule has 2 N–H and O–H groups in total. The van der Waals surface area contributed by atoms with E-state index in [2.05, 4.69) is 27.8 Å². The van der Waals surface area contributed by atoms with Gasteiger partial charge in [-0.25, -0.2) is 0 Å². The molecular weight excluding hydrogens is 469 g/mol. The summed E-state index contributed by atoms with van der Waals surface area (Å²) < 4.78 is 16.3. The Bertz CT molecular complexity index is 605. The predicted molar refractivity (Wildman–Crippen MR) is 126 cm³/mol. The van der Waals surface area contributed by atoms with Crippen LogP contribution in [0, 0.1) is 0 Å². The summed E-state index contributed by atoms with van der Waals surface area (Å²) in [6.07, 6.45) is 6.10. The number of rotatable bonds is 9. The molecule has 0 unspecified atom stereocenters. The predicted octanol–water partition coefficient (Wildman–Crippen LogP) is 3.73. The third-order valence-corrected chi connectivity index (χ3v) is 5.37. The van der Waals surface area contributed by atoms with E-state index in [0.717, 1.165) is 50.0 Å². The molecule has 28 heavy (non-hydrogen) atoms. The minimum atomic E-state index is 0. The molecule has 0 heterocycles. The first-order valence-corrected chi connectivity index (χ1v) is 9.94. The van der Waals surface area contributed by atoms with Gasteiger partial charge in [0.2, 0.25) is 0 Å². The summed E-state index contributed by atoms with van der Waals surface area (Å²) in [6, 6.07) is 6.33. The van der Waals surface area contributed by atoms with Crippen molar-refractivity contribution in [2.75, 3.05) is 47.6 Å². The zero-order valence-electron chi connectivity index (χ0n) is 17.7. The number of hydrogen-bond acceptors (Lipinski definition) is 4. The van der Waals surface area contributed by atoms with E-state index >= 15 is 0 Å². The van der Waals surface area contributed by atoms with Crippen LogP contribution in [0.2, 0.25) is 0 Å². The van der Waals surface area contributed by atoms with Gasteiger partial charge in [0.1, 0.15) is 0 Å². The van der Waals surface area contributed by atoms with Crippen LogP contribution in [0.25, 0.3) is 0 Å². The van der Waals surface area contributed by atoms with Crippen LogP contribution in [0.1, 0.15) is 44.6 Å². The van der Waals surface area contributed by atoms with Crippen LogP contribution in [-0.4, -0.2) is 53.5 Å². The Morgan fingerprint density at radius 1 is 1.07 bits per heavy atom. The number of aliphatic imine (C=N–C) groups is 1. The fourth-order valence-corrected chi connectivity index (χ4v) is 3.82. The van der Waals surface area contributed by atoms with E-state index in [9.17, 15) is 0 Å². The highest BCUT2D eigenvalue weighted by molar-refractivity contribution is 14.0. The first-order valence-electron chi connectivity index (χ1n) is 9.94. The van der Waals surface area contributed by atoms with E-state index in [1.54, 1.807) is 21.3 Å². The van der Waals surface area contributed by atoms with Crippen molar-refractivity contribution in [1.29, 1.82) is 0 Å². The van der Waals surface area contributed by atoms with Gasteiger partial charge in [0.25, 0.3) is 0 Å². The van der Waals surface area contributed by atoms with Crippen LogP contribution >= 0.6 is 24.0 Å². The lowest BCUT2D eigenvalue weighted by molar-refractivity contribution is 0.152. The van der Waals surface area contributed by atoms with Crippen molar-refractivity contribution in [3.8, 4) is 11.5 Å². The third kappa shape index (κ3) is 6.69. The summed E-state index contributed by atoms with van der Waals surface area (Å²) in [5, 5.41) is 6.86. The molecule has 2 rings (SSSR count). The standard InChI is InChI=1S/C21H35N3O3.HI/c1-5-27-14-13-23-20(22-2)24-16-21(11-7-6-8-12-21)17-9-10-18(25-3)19(15-17)26-4;/h9-10,15H,5-8,11-14,16H2,1-4H3,(H2,22,23,24);1H. The fourth-order valence-electron chi connectivity index (χ4n) is 3.82. The molecule has 1 aromatic rings. The molecule has 0 amide bonds. The van der Waals surface area contributed by atoms with Gasteiger partial charge in [-0.1, -0.05) is 25.3 Å². The van der Waals surface area contributed by atoms with Crippen LogP contribution < -0.4 is 20.1 Å². The second-order valence-corrected chi connectivity index (χ2v) is 6.96. The normalized spacial score (nSPS) is 16.1. The Morgan fingerprint density at radius 2 is 1.79 bits per heavy atom. The van der Waals surface area contributed by atoms with Gasteiger partial charge in [0, 0.05) is 32.2 Å². The molecule has 0 aromatic heterocycles. The number of halogens is 1. The van der Waals surface area contributed by atoms with E-state index in [0.29, 0.717) is 6.61 Å². The minimum Gasteiger partial charge on any atom is -0.493 e. The summed E-state index contributed by atoms with van der Waals surface area (Å²) in [5.41, 5.74) is 1.38. The highest BCUT2D eigenvalue weighted by Crippen LogP contribution is 2.42. The quantitative estimate of drug-likeness (QED) is 0.232. The molecule has 0 aliphatic heterocycles. The molecule has 1 fully saturated rings. The summed E-state index contributed by atoms with van der Waals surface area (Å²) in [6.45, 7) is 5.00. The van der Waals surface area contributed by atoms with Crippen LogP contribution in [0.5, 0.6) is 11.5 Å². The fraction of sp³-hybridized carbons (Fsp3) is 0.667. The number of methoxy groups -OCH3 is 2. The maximum absolute atomic E-state index is 5.54. The number of hydrogen-bond donors (Lipinski definition) is 2. The minimum absolute atomic E-state index is 0. The van der Waals surface area contributed by atoms with Crippen LogP contribution in [-0.2, 0) is 10.2 Å². The SMILES string of the molecule is CCOCCNC(=NC)NCC1(c2ccc(OC)c(OC)c2)CCCCC1.I. The van der Waals surface area contributed by atoms with Gasteiger partial charge in [0.05, 0.1) is 20.8 Å². The zero-order chi connectivity index (χ0) is 19.5. The molecule has 1 saturated carbocycles. The molecule has 0 atom stereocenters. The molecule has 1 aliphatic rings. The lowest BCUT2D eigenvalue weighted by Crippen LogP contribution is -2.47. The smallest absolute Gasteiger partial charge is 0.191 e. The number of ether oxygens (including phenoxy) is 3. The summed E-state index contributed by atoms with van der Waals surface area (Å²) in [4.78, 5) is 4.35. The Kier molecular flexibility index (Phi) is 11.6. The zero-order valence-corrected chi connectivity index (χ0v) is 20.0. The van der Waals surface area contributed by atoms with Crippen molar-refractivity contribution >= 4 is 29.9 Å². The topological polar surface area (TPSA) is 64.1 Å². The summed E-state index contributed by atoms with van der Waals surface area (Å²) >= 11 is 0. The van der Waals surface area contributed by atoms with Gasteiger partial charge >= 0.3 is 0 Å². The Hall–Kier alpha value is -1.22. The van der Waals surface area contributed by atoms with Crippen LogP contribution in [0.3, 0.4) is 0 Å². The molecule has 0 spiro atoms. The van der Waals surface area contributed by atoms with Crippen molar-refractivity contribution < 1.29 is 14.2 Å². The van der Waals surface area contributed by atoms with Crippen molar-refractivity contribution in [1.82, 2.24) is 10.6 Å². The third-order valence-electron chi connectivity index (χ3n) is 5.37. The number of nitrogens with zero attached hydrogens (tertiary/aromatic N) is 1. The first kappa shape index (κ1) is 24.8. The lowest BCUT2D eigenvalue weighted by atomic mass is 9.69. The van der Waals surface area contributed by atoms with E-state index in [1.165, 1.54) is 24.8 Å². The van der Waals surface area contributed by atoms with Gasteiger partial charge in [-0.2, -0.15) is 0 Å². The van der Waals surface area contributed by atoms with Gasteiger partial charge in [0.15, 0.2) is 17.5 Å². The Labute approximate surface area is 186 Å². The number of benzene rings is 1. The van der Waals surface area contributed by atoms with Gasteiger partial charge in [-0.05, 0) is 37.5 Å². The molecule has 0 bridgehead atoms. The average Bonchev–Trinajstić information content (AvgIpc) is 2.73. The molecule has 7 heteroatoms. The van der Waals surface area contributed by atoms with Crippen molar-refractivity contribution in [3.63, 3.8) is 0 Å². The lowest BCUT2D eigenvalue weighted by Gasteiger charge is -2.38. The average molecular weight is 505 g/mol. The van der Waals surface area contributed by atoms with Gasteiger partial charge in [-0.3, -0.25) is 4.99 Å². The molecule has 1 aromatic carbocycles. The largest absolute Gasteiger partial charge is 0.493 e. The van der Waals surface area contributed by atoms with Crippen LogP contribution in [0.15, 0.2) is 23.2 Å². The Balaban J connectivity index is 0.00000392. The van der Waals surface area contributed by atoms with Gasteiger partial charge in [-0.15, -0.1) is 24.0 Å². The maximum atomic E-state index is 5.54. The second-order valence-electron chi connectivity index (χ2n) is 6.96. The molecule has 160 valence electrons. The summed E-state index contributed by atoms with van der Waals surface area (Å²) in [7, 11) is 5.17. The first-order chi connectivity index (χ1) is 13.2. The highest BCUT2D eigenvalue weighted by Gasteiger charge is 2.34. The van der Waals surface area contributed by atoms with E-state index in [1.807, 2.05) is 13.0 Å². The van der Waals surface area contributed by atoms with Gasteiger partial charge < -0.3 is 24.8 Å². The Morgan fingerprint density at radius 3 is 2.39 bits per heavy atom. The van der Waals surface area contributed by atoms with E-state index < -0.39 is 0 Å². The maximum Gasteiger partial charge on any atom is 0.191 e. The van der Waals surface area contributed by atoms with Crippen LogP contribution in [0.4, 0.5) is 0 Å².